The normalized spacial score (nSPS) is 32.4. The SMILES string of the molecule is O=C(O)[C@]12C[C@H]1CCN2Cc1ccccc1. The molecule has 0 unspecified atom stereocenters. The Morgan fingerprint density at radius 3 is 2.81 bits per heavy atom. The molecule has 1 aliphatic carbocycles. The molecule has 84 valence electrons. The van der Waals surface area contributed by atoms with Crippen molar-refractivity contribution in [1.82, 2.24) is 4.90 Å². The van der Waals surface area contributed by atoms with Gasteiger partial charge in [0.2, 0.25) is 0 Å². The molecular weight excluding hydrogens is 202 g/mol. The Morgan fingerprint density at radius 1 is 1.44 bits per heavy atom. The van der Waals surface area contributed by atoms with Gasteiger partial charge >= 0.3 is 5.97 Å². The molecule has 3 nitrogen and oxygen atoms in total. The predicted molar refractivity (Wildman–Crippen MR) is 59.9 cm³/mol. The molecule has 16 heavy (non-hydrogen) atoms. The number of fused-ring (bicyclic) bond motifs is 1. The molecule has 1 aromatic rings. The first-order valence-electron chi connectivity index (χ1n) is 5.76. The highest BCUT2D eigenvalue weighted by Crippen LogP contribution is 2.56. The first kappa shape index (κ1) is 9.85. The Hall–Kier alpha value is -1.35. The number of hydrogen-bond donors (Lipinski definition) is 1. The van der Waals surface area contributed by atoms with Crippen LogP contribution >= 0.6 is 0 Å². The topological polar surface area (TPSA) is 40.5 Å². The van der Waals surface area contributed by atoms with Gasteiger partial charge < -0.3 is 5.11 Å². The van der Waals surface area contributed by atoms with Gasteiger partial charge in [-0.25, -0.2) is 0 Å². The zero-order valence-corrected chi connectivity index (χ0v) is 9.10. The molecule has 0 aromatic heterocycles. The molecule has 1 aromatic carbocycles. The average molecular weight is 217 g/mol. The summed E-state index contributed by atoms with van der Waals surface area (Å²) in [5.41, 5.74) is 0.686. The zero-order chi connectivity index (χ0) is 11.2. The number of rotatable bonds is 3. The molecule has 0 radical (unpaired) electrons. The van der Waals surface area contributed by atoms with Crippen molar-refractivity contribution in [3.05, 3.63) is 35.9 Å². The number of carboxylic acid groups (broad SMARTS) is 1. The number of benzene rings is 1. The van der Waals surface area contributed by atoms with E-state index in [1.54, 1.807) is 0 Å². The van der Waals surface area contributed by atoms with Crippen LogP contribution in [0.15, 0.2) is 30.3 Å². The van der Waals surface area contributed by atoms with Crippen molar-refractivity contribution in [3.63, 3.8) is 0 Å². The molecular formula is C13H15NO2. The number of hydrogen-bond acceptors (Lipinski definition) is 2. The highest BCUT2D eigenvalue weighted by Gasteiger charge is 2.67. The van der Waals surface area contributed by atoms with Gasteiger partial charge in [0.25, 0.3) is 0 Å². The summed E-state index contributed by atoms with van der Waals surface area (Å²) in [6.07, 6.45) is 1.88. The Morgan fingerprint density at radius 2 is 2.19 bits per heavy atom. The average Bonchev–Trinajstić information content (AvgIpc) is 2.93. The van der Waals surface area contributed by atoms with E-state index in [-0.39, 0.29) is 0 Å². The van der Waals surface area contributed by atoms with Gasteiger partial charge in [0.1, 0.15) is 5.54 Å². The van der Waals surface area contributed by atoms with E-state index in [9.17, 15) is 9.90 Å². The third-order valence-corrected chi connectivity index (χ3v) is 3.97. The molecule has 0 spiro atoms. The van der Waals surface area contributed by atoms with Gasteiger partial charge in [-0.2, -0.15) is 0 Å². The van der Waals surface area contributed by atoms with Crippen LogP contribution in [0.1, 0.15) is 18.4 Å². The lowest BCUT2D eigenvalue weighted by Crippen LogP contribution is -2.40. The predicted octanol–water partition coefficient (Wildman–Crippen LogP) is 1.74. The molecule has 1 saturated carbocycles. The molecule has 2 aliphatic rings. The lowest BCUT2D eigenvalue weighted by molar-refractivity contribution is -0.144. The summed E-state index contributed by atoms with van der Waals surface area (Å²) in [5.74, 6) is -0.236. The summed E-state index contributed by atoms with van der Waals surface area (Å²) >= 11 is 0. The molecule has 2 fully saturated rings. The van der Waals surface area contributed by atoms with Crippen molar-refractivity contribution in [2.45, 2.75) is 24.9 Å². The third kappa shape index (κ3) is 1.28. The second kappa shape index (κ2) is 3.32. The fourth-order valence-corrected chi connectivity index (χ4v) is 2.98. The number of carboxylic acids is 1. The van der Waals surface area contributed by atoms with Crippen LogP contribution in [0, 0.1) is 5.92 Å². The summed E-state index contributed by atoms with van der Waals surface area (Å²) in [5, 5.41) is 9.32. The van der Waals surface area contributed by atoms with E-state index >= 15 is 0 Å². The van der Waals surface area contributed by atoms with Crippen LogP contribution in [0.5, 0.6) is 0 Å². The number of nitrogens with zero attached hydrogens (tertiary/aromatic N) is 1. The maximum Gasteiger partial charge on any atom is 0.324 e. The Balaban J connectivity index is 1.79. The first-order valence-corrected chi connectivity index (χ1v) is 5.76. The van der Waals surface area contributed by atoms with Gasteiger partial charge in [-0.1, -0.05) is 30.3 Å². The maximum atomic E-state index is 11.3. The minimum absolute atomic E-state index is 0.397. The second-order valence-electron chi connectivity index (χ2n) is 4.83. The summed E-state index contributed by atoms with van der Waals surface area (Å²) in [7, 11) is 0. The van der Waals surface area contributed by atoms with E-state index in [0.717, 1.165) is 25.9 Å². The Labute approximate surface area is 94.7 Å². The quantitative estimate of drug-likeness (QED) is 0.838. The fraction of sp³-hybridized carbons (Fsp3) is 0.462. The van der Waals surface area contributed by atoms with E-state index in [2.05, 4.69) is 17.0 Å². The molecule has 2 atom stereocenters. The monoisotopic (exact) mass is 217 g/mol. The van der Waals surface area contributed by atoms with Crippen molar-refractivity contribution in [2.75, 3.05) is 6.54 Å². The van der Waals surface area contributed by atoms with Crippen LogP contribution in [-0.2, 0) is 11.3 Å². The van der Waals surface area contributed by atoms with E-state index in [0.29, 0.717) is 5.92 Å². The molecule has 3 rings (SSSR count). The molecule has 1 heterocycles. The lowest BCUT2D eigenvalue weighted by atomic mass is 10.1. The smallest absolute Gasteiger partial charge is 0.324 e. The summed E-state index contributed by atoms with van der Waals surface area (Å²) in [6.45, 7) is 1.69. The minimum atomic E-state index is -0.633. The first-order chi connectivity index (χ1) is 7.73. The van der Waals surface area contributed by atoms with E-state index in [1.807, 2.05) is 18.2 Å². The van der Waals surface area contributed by atoms with Gasteiger partial charge in [-0.05, 0) is 30.9 Å². The van der Waals surface area contributed by atoms with Crippen LogP contribution in [0.4, 0.5) is 0 Å². The van der Waals surface area contributed by atoms with E-state index in [4.69, 9.17) is 0 Å². The molecule has 0 bridgehead atoms. The summed E-state index contributed by atoms with van der Waals surface area (Å²) < 4.78 is 0. The number of aliphatic carboxylic acids is 1. The van der Waals surface area contributed by atoms with Crippen molar-refractivity contribution in [2.24, 2.45) is 5.92 Å². The van der Waals surface area contributed by atoms with Crippen LogP contribution < -0.4 is 0 Å². The largest absolute Gasteiger partial charge is 0.480 e. The highest BCUT2D eigenvalue weighted by atomic mass is 16.4. The zero-order valence-electron chi connectivity index (χ0n) is 9.10. The highest BCUT2D eigenvalue weighted by molar-refractivity contribution is 5.84. The van der Waals surface area contributed by atoms with E-state index < -0.39 is 11.5 Å². The molecule has 1 N–H and O–H groups in total. The standard InChI is InChI=1S/C13H15NO2/c15-12(16)13-8-11(13)6-7-14(13)9-10-4-2-1-3-5-10/h1-5,11H,6-9H2,(H,15,16)/t11-,13+/m1/s1. The van der Waals surface area contributed by atoms with Gasteiger partial charge in [-0.15, -0.1) is 0 Å². The van der Waals surface area contributed by atoms with Gasteiger partial charge in [0.05, 0.1) is 0 Å². The third-order valence-electron chi connectivity index (χ3n) is 3.97. The Kier molecular flexibility index (Phi) is 2.04. The van der Waals surface area contributed by atoms with Crippen molar-refractivity contribution in [3.8, 4) is 0 Å². The summed E-state index contributed by atoms with van der Waals surface area (Å²) in [6, 6.07) is 10.1. The fourth-order valence-electron chi connectivity index (χ4n) is 2.98. The van der Waals surface area contributed by atoms with Crippen molar-refractivity contribution < 1.29 is 9.90 Å². The number of carbonyl (C=O) groups is 1. The van der Waals surface area contributed by atoms with Crippen LogP contribution in [0.25, 0.3) is 0 Å². The molecule has 1 aliphatic heterocycles. The molecule has 0 amide bonds. The van der Waals surface area contributed by atoms with Crippen LogP contribution in [0.3, 0.4) is 0 Å². The van der Waals surface area contributed by atoms with Crippen LogP contribution in [0.2, 0.25) is 0 Å². The second-order valence-corrected chi connectivity index (χ2v) is 4.83. The molecule has 3 heteroatoms. The maximum absolute atomic E-state index is 11.3. The molecule has 1 saturated heterocycles. The minimum Gasteiger partial charge on any atom is -0.480 e. The van der Waals surface area contributed by atoms with Crippen LogP contribution in [-0.4, -0.2) is 28.1 Å². The van der Waals surface area contributed by atoms with Gasteiger partial charge in [0.15, 0.2) is 0 Å². The number of likely N-dealkylation sites (tertiary alicyclic amines) is 1. The summed E-state index contributed by atoms with van der Waals surface area (Å²) in [4.78, 5) is 13.5. The van der Waals surface area contributed by atoms with E-state index in [1.165, 1.54) is 5.56 Å². The van der Waals surface area contributed by atoms with Gasteiger partial charge in [-0.3, -0.25) is 9.69 Å². The van der Waals surface area contributed by atoms with Gasteiger partial charge in [0, 0.05) is 6.54 Å². The van der Waals surface area contributed by atoms with Crippen molar-refractivity contribution in [1.29, 1.82) is 0 Å². The lowest BCUT2D eigenvalue weighted by Gasteiger charge is -2.24. The van der Waals surface area contributed by atoms with Crippen molar-refractivity contribution >= 4 is 5.97 Å². The Bertz CT molecular complexity index is 417. The number of piperidine rings is 1.